The van der Waals surface area contributed by atoms with Crippen LogP contribution in [-0.4, -0.2) is 30.1 Å². The number of hydrogen-bond donors (Lipinski definition) is 0. The minimum absolute atomic E-state index is 0.0163. The van der Waals surface area contributed by atoms with Gasteiger partial charge in [-0.1, -0.05) is 6.08 Å². The Bertz CT molecular complexity index is 277. The van der Waals surface area contributed by atoms with Gasteiger partial charge in [0.2, 0.25) is 5.91 Å². The summed E-state index contributed by atoms with van der Waals surface area (Å²) in [5.41, 5.74) is 1.79. The molecule has 0 unspecified atom stereocenters. The summed E-state index contributed by atoms with van der Waals surface area (Å²) in [6.45, 7) is 9.48. The summed E-state index contributed by atoms with van der Waals surface area (Å²) in [6.07, 6.45) is 3.59. The number of hydrogen-bond acceptors (Lipinski definition) is 2. The third-order valence-corrected chi connectivity index (χ3v) is 1.89. The standard InChI is InChI=1S/C11H18N2O/c1-6-7-13(11(4)14)10(3)8-9(2)12-5/h6,8H,1,7H2,2-5H3/b10-8-,12-9?. The van der Waals surface area contributed by atoms with E-state index in [-0.39, 0.29) is 5.91 Å². The highest BCUT2D eigenvalue weighted by Gasteiger charge is 2.07. The average Bonchev–Trinajstić information content (AvgIpc) is 2.13. The van der Waals surface area contributed by atoms with E-state index in [2.05, 4.69) is 11.6 Å². The number of carbonyl (C=O) groups is 1. The van der Waals surface area contributed by atoms with Crippen LogP contribution in [0.25, 0.3) is 0 Å². The first-order valence-electron chi connectivity index (χ1n) is 4.53. The molecule has 0 radical (unpaired) electrons. The molecule has 0 aliphatic rings. The van der Waals surface area contributed by atoms with Gasteiger partial charge in [-0.25, -0.2) is 0 Å². The van der Waals surface area contributed by atoms with Crippen molar-refractivity contribution in [3.63, 3.8) is 0 Å². The monoisotopic (exact) mass is 194 g/mol. The SMILES string of the molecule is C=CCN(C(C)=O)/C(C)=C\C(C)=NC. The third-order valence-electron chi connectivity index (χ3n) is 1.89. The van der Waals surface area contributed by atoms with Crippen molar-refractivity contribution in [2.45, 2.75) is 20.8 Å². The van der Waals surface area contributed by atoms with Crippen molar-refractivity contribution in [1.82, 2.24) is 4.90 Å². The lowest BCUT2D eigenvalue weighted by molar-refractivity contribution is -0.126. The molecule has 0 bridgehead atoms. The lowest BCUT2D eigenvalue weighted by atomic mass is 10.3. The minimum atomic E-state index is 0.0163. The maximum absolute atomic E-state index is 11.2. The first-order chi connectivity index (χ1) is 6.52. The molecule has 0 aliphatic heterocycles. The molecule has 0 aromatic rings. The fraction of sp³-hybridized carbons (Fsp3) is 0.455. The van der Waals surface area contributed by atoms with Gasteiger partial charge in [-0.15, -0.1) is 6.58 Å². The largest absolute Gasteiger partial charge is 0.313 e. The summed E-state index contributed by atoms with van der Waals surface area (Å²) < 4.78 is 0. The molecule has 0 fully saturated rings. The highest BCUT2D eigenvalue weighted by Crippen LogP contribution is 2.04. The molecule has 14 heavy (non-hydrogen) atoms. The Hall–Kier alpha value is -1.38. The molecule has 3 heteroatoms. The van der Waals surface area contributed by atoms with Gasteiger partial charge in [-0.05, 0) is 19.9 Å². The quantitative estimate of drug-likeness (QED) is 0.498. The third kappa shape index (κ3) is 4.03. The van der Waals surface area contributed by atoms with Crippen molar-refractivity contribution >= 4 is 11.6 Å². The Morgan fingerprint density at radius 3 is 2.36 bits per heavy atom. The maximum Gasteiger partial charge on any atom is 0.223 e. The molecule has 0 aromatic heterocycles. The van der Waals surface area contributed by atoms with Crippen molar-refractivity contribution in [2.24, 2.45) is 4.99 Å². The van der Waals surface area contributed by atoms with Crippen LogP contribution in [0.4, 0.5) is 0 Å². The normalized spacial score (nSPS) is 12.6. The second kappa shape index (κ2) is 6.13. The Labute approximate surface area is 85.8 Å². The molecule has 0 aliphatic carbocycles. The van der Waals surface area contributed by atoms with Gasteiger partial charge in [-0.2, -0.15) is 0 Å². The van der Waals surface area contributed by atoms with E-state index in [0.717, 1.165) is 11.4 Å². The van der Waals surface area contributed by atoms with Crippen molar-refractivity contribution in [1.29, 1.82) is 0 Å². The summed E-state index contributed by atoms with van der Waals surface area (Å²) in [4.78, 5) is 16.9. The molecular formula is C11H18N2O. The summed E-state index contributed by atoms with van der Waals surface area (Å²) in [7, 11) is 1.73. The van der Waals surface area contributed by atoms with Crippen LogP contribution in [0.5, 0.6) is 0 Å². The predicted octanol–water partition coefficient (Wildman–Crippen LogP) is 2.02. The summed E-state index contributed by atoms with van der Waals surface area (Å²) in [5.74, 6) is 0.0163. The van der Waals surface area contributed by atoms with Crippen molar-refractivity contribution in [3.8, 4) is 0 Å². The topological polar surface area (TPSA) is 32.7 Å². The Balaban J connectivity index is 4.75. The van der Waals surface area contributed by atoms with Gasteiger partial charge in [0.05, 0.1) is 0 Å². The molecule has 0 saturated heterocycles. The highest BCUT2D eigenvalue weighted by atomic mass is 16.2. The number of rotatable bonds is 4. The van der Waals surface area contributed by atoms with Crippen molar-refractivity contribution < 1.29 is 4.79 Å². The van der Waals surface area contributed by atoms with E-state index in [1.807, 2.05) is 19.9 Å². The van der Waals surface area contributed by atoms with Gasteiger partial charge in [0.25, 0.3) is 0 Å². The Morgan fingerprint density at radius 2 is 2.00 bits per heavy atom. The Kier molecular flexibility index (Phi) is 5.53. The van der Waals surface area contributed by atoms with Crippen molar-refractivity contribution in [3.05, 3.63) is 24.4 Å². The van der Waals surface area contributed by atoms with Crippen LogP contribution in [0.3, 0.4) is 0 Å². The maximum atomic E-state index is 11.2. The zero-order chi connectivity index (χ0) is 11.1. The van der Waals surface area contributed by atoms with Gasteiger partial charge in [0.15, 0.2) is 0 Å². The number of allylic oxidation sites excluding steroid dienone is 2. The van der Waals surface area contributed by atoms with Gasteiger partial charge in [0.1, 0.15) is 0 Å². The smallest absolute Gasteiger partial charge is 0.223 e. The lowest BCUT2D eigenvalue weighted by Gasteiger charge is -2.19. The lowest BCUT2D eigenvalue weighted by Crippen LogP contribution is -2.27. The van der Waals surface area contributed by atoms with E-state index >= 15 is 0 Å². The second-order valence-corrected chi connectivity index (χ2v) is 3.07. The van der Waals surface area contributed by atoms with Gasteiger partial charge in [0, 0.05) is 31.9 Å². The van der Waals surface area contributed by atoms with Crippen LogP contribution in [0.15, 0.2) is 29.4 Å². The molecule has 1 amide bonds. The van der Waals surface area contributed by atoms with E-state index in [0.29, 0.717) is 6.54 Å². The average molecular weight is 194 g/mol. The van der Waals surface area contributed by atoms with Gasteiger partial charge >= 0.3 is 0 Å². The number of carbonyl (C=O) groups excluding carboxylic acids is 1. The number of amides is 1. The van der Waals surface area contributed by atoms with Gasteiger partial charge < -0.3 is 4.90 Å². The molecular weight excluding hydrogens is 176 g/mol. The number of aliphatic imine (C=N–C) groups is 1. The van der Waals surface area contributed by atoms with Crippen LogP contribution in [0.2, 0.25) is 0 Å². The molecule has 0 saturated carbocycles. The van der Waals surface area contributed by atoms with Crippen LogP contribution in [-0.2, 0) is 4.79 Å². The van der Waals surface area contributed by atoms with Crippen molar-refractivity contribution in [2.75, 3.05) is 13.6 Å². The molecule has 0 spiro atoms. The fourth-order valence-corrected chi connectivity index (χ4v) is 1.09. The van der Waals surface area contributed by atoms with E-state index in [9.17, 15) is 4.79 Å². The van der Waals surface area contributed by atoms with E-state index in [1.54, 1.807) is 24.9 Å². The van der Waals surface area contributed by atoms with E-state index in [1.165, 1.54) is 0 Å². The molecule has 78 valence electrons. The summed E-state index contributed by atoms with van der Waals surface area (Å²) in [5, 5.41) is 0. The fourth-order valence-electron chi connectivity index (χ4n) is 1.09. The molecule has 3 nitrogen and oxygen atoms in total. The molecule has 0 heterocycles. The van der Waals surface area contributed by atoms with Crippen LogP contribution in [0, 0.1) is 0 Å². The number of nitrogens with zero attached hydrogens (tertiary/aromatic N) is 2. The molecule has 0 rings (SSSR count). The van der Waals surface area contributed by atoms with E-state index in [4.69, 9.17) is 0 Å². The summed E-state index contributed by atoms with van der Waals surface area (Å²) in [6, 6.07) is 0. The van der Waals surface area contributed by atoms with Crippen LogP contribution >= 0.6 is 0 Å². The molecule has 0 N–H and O–H groups in total. The predicted molar refractivity (Wildman–Crippen MR) is 60.4 cm³/mol. The first kappa shape index (κ1) is 12.6. The zero-order valence-corrected chi connectivity index (χ0v) is 9.37. The minimum Gasteiger partial charge on any atom is -0.313 e. The highest BCUT2D eigenvalue weighted by molar-refractivity contribution is 5.93. The zero-order valence-electron chi connectivity index (χ0n) is 9.37. The molecule has 0 aromatic carbocycles. The van der Waals surface area contributed by atoms with Crippen LogP contribution < -0.4 is 0 Å². The first-order valence-corrected chi connectivity index (χ1v) is 4.53. The summed E-state index contributed by atoms with van der Waals surface area (Å²) >= 11 is 0. The van der Waals surface area contributed by atoms with Gasteiger partial charge in [-0.3, -0.25) is 9.79 Å². The Morgan fingerprint density at radius 1 is 1.43 bits per heavy atom. The van der Waals surface area contributed by atoms with Crippen LogP contribution in [0.1, 0.15) is 20.8 Å². The second-order valence-electron chi connectivity index (χ2n) is 3.07. The van der Waals surface area contributed by atoms with E-state index < -0.39 is 0 Å². The molecule has 0 atom stereocenters.